The predicted molar refractivity (Wildman–Crippen MR) is 148 cm³/mol. The number of hydrogen-bond acceptors (Lipinski definition) is 3. The Morgan fingerprint density at radius 2 is 1.49 bits per heavy atom. The largest absolute Gasteiger partial charge is 0.509 e. The molecule has 2 amide bonds. The molecule has 2 heterocycles. The molecule has 0 atom stereocenters. The molecule has 2 aliphatic carbocycles. The van der Waals surface area contributed by atoms with Gasteiger partial charge in [0.2, 0.25) is 5.91 Å². The lowest BCUT2D eigenvalue weighted by molar-refractivity contribution is -0.184. The minimum absolute atomic E-state index is 0.0362. The molecule has 2 aromatic carbocycles. The summed E-state index contributed by atoms with van der Waals surface area (Å²) in [6, 6.07) is 5.48. The first-order valence-electron chi connectivity index (χ1n) is 14.3. The number of carbonyl (C=O) groups is 2. The summed E-state index contributed by atoms with van der Waals surface area (Å²) in [4.78, 5) is 23.7. The number of halogens is 6. The molecule has 2 aromatic rings. The van der Waals surface area contributed by atoms with Crippen molar-refractivity contribution >= 4 is 17.4 Å². The van der Waals surface area contributed by atoms with Crippen LogP contribution in [0.25, 0.3) is 16.7 Å². The van der Waals surface area contributed by atoms with Crippen LogP contribution < -0.4 is 10.6 Å². The number of alkyl halides is 3. The second-order valence-electron chi connectivity index (χ2n) is 11.9. The van der Waals surface area contributed by atoms with Crippen LogP contribution in [0.3, 0.4) is 0 Å². The van der Waals surface area contributed by atoms with Crippen LogP contribution in [0.1, 0.15) is 68.9 Å². The van der Waals surface area contributed by atoms with Gasteiger partial charge in [-0.3, -0.25) is 9.59 Å². The van der Waals surface area contributed by atoms with Crippen LogP contribution in [0.2, 0.25) is 0 Å². The third-order valence-corrected chi connectivity index (χ3v) is 9.11. The summed E-state index contributed by atoms with van der Waals surface area (Å²) in [5.74, 6) is -5.52. The Labute approximate surface area is 245 Å². The van der Waals surface area contributed by atoms with Gasteiger partial charge in [0.25, 0.3) is 5.91 Å². The molecule has 2 fully saturated rings. The van der Waals surface area contributed by atoms with E-state index in [9.17, 15) is 41.0 Å². The number of aliphatic hydroxyl groups excluding tert-OH is 1. The Morgan fingerprint density at radius 3 is 2.07 bits per heavy atom. The van der Waals surface area contributed by atoms with E-state index in [1.165, 1.54) is 38.3 Å². The van der Waals surface area contributed by atoms with Crippen molar-refractivity contribution < 1.29 is 41.0 Å². The molecule has 11 heteroatoms. The molecular formula is C32H32F6N2O3. The molecular weight excluding hydrogens is 574 g/mol. The second kappa shape index (κ2) is 11.4. The molecule has 0 bridgehead atoms. The average molecular weight is 607 g/mol. The maximum absolute atomic E-state index is 14.7. The molecule has 0 aromatic heterocycles. The van der Waals surface area contributed by atoms with Crippen molar-refractivity contribution in [2.24, 2.45) is 5.92 Å². The fourth-order valence-corrected chi connectivity index (χ4v) is 6.55. The summed E-state index contributed by atoms with van der Waals surface area (Å²) in [7, 11) is 0. The van der Waals surface area contributed by atoms with Crippen molar-refractivity contribution in [2.75, 3.05) is 0 Å². The van der Waals surface area contributed by atoms with E-state index < -0.39 is 46.8 Å². The lowest BCUT2D eigenvalue weighted by Gasteiger charge is -2.37. The maximum Gasteiger partial charge on any atom is 0.391 e. The number of benzene rings is 2. The lowest BCUT2D eigenvalue weighted by Crippen LogP contribution is -2.48. The molecule has 230 valence electrons. The van der Waals surface area contributed by atoms with Crippen LogP contribution >= 0.6 is 0 Å². The van der Waals surface area contributed by atoms with Gasteiger partial charge in [-0.15, -0.1) is 0 Å². The molecule has 43 heavy (non-hydrogen) atoms. The van der Waals surface area contributed by atoms with E-state index >= 15 is 0 Å². The second-order valence-corrected chi connectivity index (χ2v) is 11.9. The highest BCUT2D eigenvalue weighted by Gasteiger charge is 2.52. The summed E-state index contributed by atoms with van der Waals surface area (Å²) < 4.78 is 80.7. The quantitative estimate of drug-likeness (QED) is 0.313. The number of amides is 2. The van der Waals surface area contributed by atoms with Crippen LogP contribution in [0.5, 0.6) is 0 Å². The minimum Gasteiger partial charge on any atom is -0.509 e. The highest BCUT2D eigenvalue weighted by atomic mass is 19.4. The average Bonchev–Trinajstić information content (AvgIpc) is 3.42. The molecule has 0 saturated heterocycles. The number of nitrogens with one attached hydrogen (secondary N) is 2. The zero-order chi connectivity index (χ0) is 31.2. The van der Waals surface area contributed by atoms with Gasteiger partial charge in [-0.2, -0.15) is 13.2 Å². The van der Waals surface area contributed by atoms with Gasteiger partial charge >= 0.3 is 6.18 Å². The summed E-state index contributed by atoms with van der Waals surface area (Å²) in [5, 5.41) is 16.5. The van der Waals surface area contributed by atoms with E-state index in [4.69, 9.17) is 0 Å². The van der Waals surface area contributed by atoms with Crippen molar-refractivity contribution in [2.45, 2.75) is 82.0 Å². The predicted octanol–water partition coefficient (Wildman–Crippen LogP) is 7.34. The van der Waals surface area contributed by atoms with Gasteiger partial charge in [0.05, 0.1) is 22.6 Å². The SMILES string of the molecule is Cc1c(F)cc(-c2ccc(F)c(F)c2)cc1C1=C(O)C2(CCC(C(F)(F)F)CC2)NC1=O.O=C1C=CC2(CCCCC2)N1. The Balaban J connectivity index is 0.000000279. The van der Waals surface area contributed by atoms with Crippen molar-refractivity contribution in [3.63, 3.8) is 0 Å². The van der Waals surface area contributed by atoms with Crippen molar-refractivity contribution in [1.29, 1.82) is 0 Å². The summed E-state index contributed by atoms with van der Waals surface area (Å²) in [6.07, 6.45) is 4.73. The van der Waals surface area contributed by atoms with E-state index in [1.54, 1.807) is 6.08 Å². The van der Waals surface area contributed by atoms with Crippen molar-refractivity contribution in [3.05, 3.63) is 76.8 Å². The van der Waals surface area contributed by atoms with Crippen LogP contribution in [0.4, 0.5) is 26.3 Å². The molecule has 6 rings (SSSR count). The topological polar surface area (TPSA) is 78.4 Å². The van der Waals surface area contributed by atoms with Gasteiger partial charge in [0, 0.05) is 6.08 Å². The van der Waals surface area contributed by atoms with E-state index in [2.05, 4.69) is 16.7 Å². The van der Waals surface area contributed by atoms with Gasteiger partial charge in [-0.25, -0.2) is 13.2 Å². The van der Waals surface area contributed by atoms with Gasteiger partial charge in [-0.05, 0) is 92.0 Å². The molecule has 0 radical (unpaired) electrons. The Kier molecular flexibility index (Phi) is 8.13. The molecule has 2 saturated carbocycles. The smallest absolute Gasteiger partial charge is 0.391 e. The highest BCUT2D eigenvalue weighted by molar-refractivity contribution is 6.23. The number of aliphatic hydroxyl groups is 1. The molecule has 0 unspecified atom stereocenters. The molecule has 3 N–H and O–H groups in total. The van der Waals surface area contributed by atoms with Crippen LogP contribution in [0.15, 0.2) is 48.2 Å². The Morgan fingerprint density at radius 1 is 0.837 bits per heavy atom. The Bertz CT molecular complexity index is 1500. The first-order valence-corrected chi connectivity index (χ1v) is 14.3. The van der Waals surface area contributed by atoms with Crippen LogP contribution in [0, 0.1) is 30.3 Å². The molecule has 2 spiro atoms. The van der Waals surface area contributed by atoms with Gasteiger partial charge in [0.1, 0.15) is 11.6 Å². The maximum atomic E-state index is 14.7. The normalized spacial score (nSPS) is 24.7. The Hall–Kier alpha value is -3.76. The third-order valence-electron chi connectivity index (χ3n) is 9.11. The zero-order valence-corrected chi connectivity index (χ0v) is 23.5. The number of hydrogen-bond donors (Lipinski definition) is 3. The van der Waals surface area contributed by atoms with E-state index in [0.29, 0.717) is 0 Å². The highest BCUT2D eigenvalue weighted by Crippen LogP contribution is 2.47. The molecule has 2 aliphatic heterocycles. The lowest BCUT2D eigenvalue weighted by atomic mass is 9.75. The van der Waals surface area contributed by atoms with Gasteiger partial charge in [-0.1, -0.05) is 31.4 Å². The summed E-state index contributed by atoms with van der Waals surface area (Å²) in [6.45, 7) is 1.39. The number of rotatable bonds is 2. The zero-order valence-electron chi connectivity index (χ0n) is 23.5. The fourth-order valence-electron chi connectivity index (χ4n) is 6.55. The van der Waals surface area contributed by atoms with Crippen molar-refractivity contribution in [3.8, 4) is 11.1 Å². The van der Waals surface area contributed by atoms with E-state index in [1.807, 2.05) is 0 Å². The minimum atomic E-state index is -4.36. The fraction of sp³-hybridized carbons (Fsp3) is 0.438. The summed E-state index contributed by atoms with van der Waals surface area (Å²) >= 11 is 0. The third kappa shape index (κ3) is 6.03. The first kappa shape index (κ1) is 30.7. The summed E-state index contributed by atoms with van der Waals surface area (Å²) in [5.41, 5.74) is -1.12. The van der Waals surface area contributed by atoms with Crippen LogP contribution in [-0.2, 0) is 9.59 Å². The van der Waals surface area contributed by atoms with Crippen LogP contribution in [-0.4, -0.2) is 34.2 Å². The number of carbonyl (C=O) groups excluding carboxylic acids is 2. The molecule has 4 aliphatic rings. The van der Waals surface area contributed by atoms with E-state index in [-0.39, 0.29) is 65.0 Å². The monoisotopic (exact) mass is 606 g/mol. The van der Waals surface area contributed by atoms with E-state index in [0.717, 1.165) is 31.0 Å². The first-order chi connectivity index (χ1) is 20.2. The molecule has 5 nitrogen and oxygen atoms in total. The standard InChI is InChI=1S/C23H19F6NO2.C9H13NO/c1-11-15(8-13(10-17(11)25)12-2-3-16(24)18(26)9-12)19-20(31)22(30-21(19)32)6-4-14(5-7-22)23(27,28)29;11-8-4-7-9(10-8)5-2-1-3-6-9/h2-3,8-10,14,31H,4-7H2,1H3,(H,30,32);4,7H,1-3,5-6H2,(H,10,11). The van der Waals surface area contributed by atoms with Gasteiger partial charge in [0.15, 0.2) is 11.6 Å². The van der Waals surface area contributed by atoms with Gasteiger partial charge < -0.3 is 15.7 Å². The van der Waals surface area contributed by atoms with Crippen molar-refractivity contribution in [1.82, 2.24) is 10.6 Å².